The number of aliphatic carboxylic acids is 1. The molecule has 0 aliphatic rings. The van der Waals surface area contributed by atoms with Crippen LogP contribution < -0.4 is 38.9 Å². The standard InChI is InChI=1S/C23H42N10O5/c1-13(2)18(22(37)38)33-21(36)17(10-14-11-28-12-30-14)32-20(35)16(7-3-4-8-24)31-19(34)15(25)6-5-9-29-23(26)27/h11-13,15-18H,3-10,24-25H2,1-2H3,(H,28,30)(H,31,34)(H,32,35)(H,33,36)(H,37,38)(H4,26,27,29). The van der Waals surface area contributed by atoms with Crippen molar-refractivity contribution in [3.63, 3.8) is 0 Å². The number of carbonyl (C=O) groups is 4. The van der Waals surface area contributed by atoms with Gasteiger partial charge >= 0.3 is 5.97 Å². The van der Waals surface area contributed by atoms with E-state index in [4.69, 9.17) is 22.9 Å². The van der Waals surface area contributed by atoms with Crippen LogP contribution >= 0.6 is 0 Å². The van der Waals surface area contributed by atoms with Crippen molar-refractivity contribution >= 4 is 29.7 Å². The van der Waals surface area contributed by atoms with Gasteiger partial charge in [0.25, 0.3) is 0 Å². The van der Waals surface area contributed by atoms with E-state index in [1.807, 2.05) is 0 Å². The number of carbonyl (C=O) groups excluding carboxylic acids is 3. The van der Waals surface area contributed by atoms with Crippen molar-refractivity contribution in [1.82, 2.24) is 25.9 Å². The number of aliphatic imine (C=N–C) groups is 1. The number of hydrogen-bond acceptors (Lipinski definition) is 8. The van der Waals surface area contributed by atoms with Crippen LogP contribution in [-0.4, -0.2) is 82.0 Å². The smallest absolute Gasteiger partial charge is 0.326 e. The molecule has 38 heavy (non-hydrogen) atoms. The van der Waals surface area contributed by atoms with Crippen LogP contribution in [0, 0.1) is 5.92 Å². The van der Waals surface area contributed by atoms with E-state index < -0.39 is 53.8 Å². The van der Waals surface area contributed by atoms with E-state index in [2.05, 4.69) is 30.9 Å². The summed E-state index contributed by atoms with van der Waals surface area (Å²) in [6.45, 7) is 4.03. The highest BCUT2D eigenvalue weighted by atomic mass is 16.4. The molecule has 3 amide bonds. The largest absolute Gasteiger partial charge is 0.480 e. The highest BCUT2D eigenvalue weighted by Gasteiger charge is 2.31. The number of unbranched alkanes of at least 4 members (excludes halogenated alkanes) is 1. The SMILES string of the molecule is CC(C)C(NC(=O)C(Cc1cnc[nH]1)NC(=O)C(CCCCN)NC(=O)C(N)CCCN=C(N)N)C(=O)O. The summed E-state index contributed by atoms with van der Waals surface area (Å²) in [4.78, 5) is 61.2. The fraction of sp³-hybridized carbons (Fsp3) is 0.652. The van der Waals surface area contributed by atoms with Gasteiger partial charge in [0.1, 0.15) is 18.1 Å². The van der Waals surface area contributed by atoms with E-state index in [1.54, 1.807) is 13.8 Å². The number of aromatic nitrogens is 2. The minimum absolute atomic E-state index is 0.0236. The van der Waals surface area contributed by atoms with Crippen LogP contribution in [0.1, 0.15) is 51.6 Å². The van der Waals surface area contributed by atoms with Gasteiger partial charge in [0.05, 0.1) is 12.4 Å². The number of nitrogens with one attached hydrogen (secondary N) is 4. The van der Waals surface area contributed by atoms with Crippen molar-refractivity contribution in [2.24, 2.45) is 33.8 Å². The van der Waals surface area contributed by atoms with Gasteiger partial charge in [-0.25, -0.2) is 9.78 Å². The average molecular weight is 539 g/mol. The Kier molecular flexibility index (Phi) is 14.4. The second kappa shape index (κ2) is 16.9. The van der Waals surface area contributed by atoms with Crippen molar-refractivity contribution in [2.45, 2.75) is 76.5 Å². The lowest BCUT2D eigenvalue weighted by molar-refractivity contribution is -0.143. The van der Waals surface area contributed by atoms with Gasteiger partial charge in [0.2, 0.25) is 17.7 Å². The van der Waals surface area contributed by atoms with Gasteiger partial charge in [-0.2, -0.15) is 0 Å². The van der Waals surface area contributed by atoms with Crippen LogP contribution in [0.4, 0.5) is 0 Å². The second-order valence-corrected chi connectivity index (χ2v) is 9.31. The molecule has 0 saturated heterocycles. The predicted octanol–water partition coefficient (Wildman–Crippen LogP) is -2.34. The van der Waals surface area contributed by atoms with Crippen molar-refractivity contribution in [3.8, 4) is 0 Å². The van der Waals surface area contributed by atoms with Gasteiger partial charge in [-0.3, -0.25) is 19.4 Å². The number of nitrogens with two attached hydrogens (primary N) is 4. The number of hydrogen-bond donors (Lipinski definition) is 9. The van der Waals surface area contributed by atoms with E-state index in [0.717, 1.165) is 0 Å². The summed E-state index contributed by atoms with van der Waals surface area (Å²) in [5.74, 6) is -3.48. The number of imidazole rings is 1. The lowest BCUT2D eigenvalue weighted by Gasteiger charge is -2.26. The Labute approximate surface area is 222 Å². The molecule has 0 aromatic carbocycles. The van der Waals surface area contributed by atoms with Gasteiger partial charge < -0.3 is 49.0 Å². The summed E-state index contributed by atoms with van der Waals surface area (Å²) in [5, 5.41) is 17.3. The van der Waals surface area contributed by atoms with Gasteiger partial charge in [0, 0.05) is 24.9 Å². The summed E-state index contributed by atoms with van der Waals surface area (Å²) in [5.41, 5.74) is 22.7. The number of carboxylic acid groups (broad SMARTS) is 1. The summed E-state index contributed by atoms with van der Waals surface area (Å²) in [6.07, 6.45) is 5.11. The van der Waals surface area contributed by atoms with Gasteiger partial charge in [-0.05, 0) is 44.6 Å². The van der Waals surface area contributed by atoms with Crippen LogP contribution in [0.25, 0.3) is 0 Å². The van der Waals surface area contributed by atoms with E-state index in [0.29, 0.717) is 38.0 Å². The average Bonchev–Trinajstić information content (AvgIpc) is 3.36. The first-order chi connectivity index (χ1) is 18.0. The van der Waals surface area contributed by atoms with Crippen LogP contribution in [0.5, 0.6) is 0 Å². The molecule has 0 saturated carbocycles. The molecule has 0 aliphatic heterocycles. The number of H-pyrrole nitrogens is 1. The molecule has 0 fully saturated rings. The third-order valence-corrected chi connectivity index (χ3v) is 5.73. The molecule has 4 atom stereocenters. The Hall–Kier alpha value is -3.72. The highest BCUT2D eigenvalue weighted by molar-refractivity contribution is 5.94. The number of amides is 3. The summed E-state index contributed by atoms with van der Waals surface area (Å²) in [7, 11) is 0. The summed E-state index contributed by atoms with van der Waals surface area (Å²) < 4.78 is 0. The quantitative estimate of drug-likeness (QED) is 0.0545. The molecule has 0 spiro atoms. The fourth-order valence-corrected chi connectivity index (χ4v) is 3.56. The van der Waals surface area contributed by atoms with Gasteiger partial charge in [-0.15, -0.1) is 0 Å². The van der Waals surface area contributed by atoms with E-state index in [9.17, 15) is 24.3 Å². The topological polar surface area (TPSA) is 270 Å². The van der Waals surface area contributed by atoms with Gasteiger partial charge in [-0.1, -0.05) is 13.8 Å². The zero-order valence-corrected chi connectivity index (χ0v) is 22.0. The Morgan fingerprint density at radius 3 is 2.21 bits per heavy atom. The van der Waals surface area contributed by atoms with E-state index >= 15 is 0 Å². The minimum atomic E-state index is -1.19. The van der Waals surface area contributed by atoms with Crippen LogP contribution in [-0.2, 0) is 25.6 Å². The fourth-order valence-electron chi connectivity index (χ4n) is 3.56. The molecule has 1 aromatic heterocycles. The lowest BCUT2D eigenvalue weighted by Crippen LogP contribution is -2.58. The summed E-state index contributed by atoms with van der Waals surface area (Å²) >= 11 is 0. The van der Waals surface area contributed by atoms with Crippen molar-refractivity contribution in [2.75, 3.05) is 13.1 Å². The lowest BCUT2D eigenvalue weighted by atomic mass is 10.0. The molecule has 0 aliphatic carbocycles. The number of rotatable bonds is 18. The monoisotopic (exact) mass is 538 g/mol. The zero-order valence-electron chi connectivity index (χ0n) is 22.0. The molecule has 1 heterocycles. The number of guanidine groups is 1. The molecule has 1 rings (SSSR count). The molecule has 0 bridgehead atoms. The predicted molar refractivity (Wildman–Crippen MR) is 141 cm³/mol. The highest BCUT2D eigenvalue weighted by Crippen LogP contribution is 2.08. The second-order valence-electron chi connectivity index (χ2n) is 9.31. The first kappa shape index (κ1) is 32.3. The molecule has 0 radical (unpaired) electrons. The number of nitrogens with zero attached hydrogens (tertiary/aromatic N) is 2. The first-order valence-corrected chi connectivity index (χ1v) is 12.6. The van der Waals surface area contributed by atoms with Crippen LogP contribution in [0.15, 0.2) is 17.5 Å². The minimum Gasteiger partial charge on any atom is -0.480 e. The first-order valence-electron chi connectivity index (χ1n) is 12.6. The Morgan fingerprint density at radius 2 is 1.66 bits per heavy atom. The normalized spacial score (nSPS) is 14.1. The van der Waals surface area contributed by atoms with Crippen molar-refractivity contribution in [3.05, 3.63) is 18.2 Å². The number of aromatic amines is 1. The Morgan fingerprint density at radius 1 is 1.00 bits per heavy atom. The molecular formula is C23H42N10O5. The molecule has 15 nitrogen and oxygen atoms in total. The van der Waals surface area contributed by atoms with Crippen molar-refractivity contribution < 1.29 is 24.3 Å². The Bertz CT molecular complexity index is 918. The van der Waals surface area contributed by atoms with Gasteiger partial charge in [0.15, 0.2) is 5.96 Å². The molecule has 214 valence electrons. The van der Waals surface area contributed by atoms with Crippen LogP contribution in [0.2, 0.25) is 0 Å². The van der Waals surface area contributed by atoms with E-state index in [1.165, 1.54) is 12.5 Å². The Balaban J connectivity index is 2.99. The molecule has 1 aromatic rings. The summed E-state index contributed by atoms with van der Waals surface area (Å²) in [6, 6.07) is -4.18. The third-order valence-electron chi connectivity index (χ3n) is 5.73. The number of carboxylic acids is 1. The van der Waals surface area contributed by atoms with Crippen LogP contribution in [0.3, 0.4) is 0 Å². The molecule has 13 N–H and O–H groups in total. The maximum absolute atomic E-state index is 13.3. The maximum atomic E-state index is 13.3. The zero-order chi connectivity index (χ0) is 28.7. The third kappa shape index (κ3) is 12.0. The molecule has 15 heteroatoms. The molecule has 4 unspecified atom stereocenters. The molecular weight excluding hydrogens is 496 g/mol. The van der Waals surface area contributed by atoms with E-state index in [-0.39, 0.29) is 25.2 Å². The van der Waals surface area contributed by atoms with Crippen molar-refractivity contribution in [1.29, 1.82) is 0 Å². The maximum Gasteiger partial charge on any atom is 0.326 e.